The molecule has 0 amide bonds. The zero-order valence-corrected chi connectivity index (χ0v) is 13.0. The molecular formula is C15H33N3. The van der Waals surface area contributed by atoms with Gasteiger partial charge in [0, 0.05) is 38.8 Å². The third kappa shape index (κ3) is 5.68. The Balaban J connectivity index is 2.50. The molecule has 0 spiro atoms. The molecule has 18 heavy (non-hydrogen) atoms. The molecule has 0 radical (unpaired) electrons. The maximum absolute atomic E-state index is 5.71. The minimum absolute atomic E-state index is 0.365. The van der Waals surface area contributed by atoms with Gasteiger partial charge in [-0.05, 0) is 23.7 Å². The topological polar surface area (TPSA) is 41.3 Å². The van der Waals surface area contributed by atoms with E-state index in [0.717, 1.165) is 38.0 Å². The standard InChI is InChI=1S/C15H33N3/c1-12(2)13-8-14(17-11-15(3,4)5)10-18(9-13)7-6-16/h12-14,17H,6-11,16H2,1-5H3. The summed E-state index contributed by atoms with van der Waals surface area (Å²) in [5.74, 6) is 1.58. The average Bonchev–Trinajstić information content (AvgIpc) is 2.25. The summed E-state index contributed by atoms with van der Waals surface area (Å²) in [6, 6.07) is 0.636. The lowest BCUT2D eigenvalue weighted by atomic mass is 9.85. The molecule has 0 aromatic rings. The van der Waals surface area contributed by atoms with E-state index in [2.05, 4.69) is 44.8 Å². The highest BCUT2D eigenvalue weighted by atomic mass is 15.2. The predicted octanol–water partition coefficient (Wildman–Crippen LogP) is 1.93. The molecule has 3 N–H and O–H groups in total. The lowest BCUT2D eigenvalue weighted by molar-refractivity contribution is 0.114. The first-order chi connectivity index (χ1) is 8.31. The van der Waals surface area contributed by atoms with Gasteiger partial charge < -0.3 is 16.0 Å². The highest BCUT2D eigenvalue weighted by molar-refractivity contribution is 4.86. The van der Waals surface area contributed by atoms with Crippen molar-refractivity contribution in [1.82, 2.24) is 10.2 Å². The molecule has 1 heterocycles. The van der Waals surface area contributed by atoms with E-state index in [1.807, 2.05) is 0 Å². The van der Waals surface area contributed by atoms with Gasteiger partial charge in [-0.25, -0.2) is 0 Å². The molecular weight excluding hydrogens is 222 g/mol. The first-order valence-corrected chi connectivity index (χ1v) is 7.47. The molecule has 0 aromatic carbocycles. The van der Waals surface area contributed by atoms with Gasteiger partial charge in [-0.3, -0.25) is 0 Å². The van der Waals surface area contributed by atoms with E-state index >= 15 is 0 Å². The van der Waals surface area contributed by atoms with Crippen molar-refractivity contribution in [2.75, 3.05) is 32.7 Å². The molecule has 0 aromatic heterocycles. The Morgan fingerprint density at radius 3 is 2.44 bits per heavy atom. The Bertz CT molecular complexity index is 232. The van der Waals surface area contributed by atoms with Gasteiger partial charge in [-0.1, -0.05) is 34.6 Å². The summed E-state index contributed by atoms with van der Waals surface area (Å²) in [5, 5.41) is 3.75. The first kappa shape index (κ1) is 15.9. The molecule has 108 valence electrons. The van der Waals surface area contributed by atoms with Crippen LogP contribution in [0.2, 0.25) is 0 Å². The predicted molar refractivity (Wildman–Crippen MR) is 79.7 cm³/mol. The summed E-state index contributed by atoms with van der Waals surface area (Å²) in [5.41, 5.74) is 6.07. The molecule has 1 saturated heterocycles. The summed E-state index contributed by atoms with van der Waals surface area (Å²) in [6.07, 6.45) is 1.31. The monoisotopic (exact) mass is 255 g/mol. The normalized spacial score (nSPS) is 26.8. The highest BCUT2D eigenvalue weighted by Crippen LogP contribution is 2.24. The van der Waals surface area contributed by atoms with Gasteiger partial charge in [0.1, 0.15) is 0 Å². The lowest BCUT2D eigenvalue weighted by Crippen LogP contribution is -2.52. The number of hydrogen-bond acceptors (Lipinski definition) is 3. The summed E-state index contributed by atoms with van der Waals surface area (Å²) in [7, 11) is 0. The molecule has 1 aliphatic rings. The third-order valence-corrected chi connectivity index (χ3v) is 3.87. The van der Waals surface area contributed by atoms with Crippen molar-refractivity contribution < 1.29 is 0 Å². The lowest BCUT2D eigenvalue weighted by Gasteiger charge is -2.40. The van der Waals surface area contributed by atoms with Gasteiger partial charge >= 0.3 is 0 Å². The largest absolute Gasteiger partial charge is 0.329 e. The van der Waals surface area contributed by atoms with Gasteiger partial charge in [0.25, 0.3) is 0 Å². The Morgan fingerprint density at radius 2 is 1.94 bits per heavy atom. The second-order valence-electron chi connectivity index (χ2n) is 7.43. The Hall–Kier alpha value is -0.120. The van der Waals surface area contributed by atoms with E-state index in [9.17, 15) is 0 Å². The summed E-state index contributed by atoms with van der Waals surface area (Å²) >= 11 is 0. The molecule has 0 bridgehead atoms. The van der Waals surface area contributed by atoms with Crippen molar-refractivity contribution in [2.45, 2.75) is 47.1 Å². The minimum Gasteiger partial charge on any atom is -0.329 e. The van der Waals surface area contributed by atoms with E-state index in [1.54, 1.807) is 0 Å². The van der Waals surface area contributed by atoms with Crippen LogP contribution in [0.3, 0.4) is 0 Å². The van der Waals surface area contributed by atoms with Gasteiger partial charge in [0.2, 0.25) is 0 Å². The van der Waals surface area contributed by atoms with E-state index in [1.165, 1.54) is 13.0 Å². The van der Waals surface area contributed by atoms with Crippen LogP contribution in [0, 0.1) is 17.3 Å². The fraction of sp³-hybridized carbons (Fsp3) is 1.00. The average molecular weight is 255 g/mol. The van der Waals surface area contributed by atoms with Crippen LogP contribution >= 0.6 is 0 Å². The third-order valence-electron chi connectivity index (χ3n) is 3.87. The Morgan fingerprint density at radius 1 is 1.28 bits per heavy atom. The fourth-order valence-corrected chi connectivity index (χ4v) is 2.68. The van der Waals surface area contributed by atoms with Crippen LogP contribution in [-0.4, -0.2) is 43.7 Å². The van der Waals surface area contributed by atoms with Crippen molar-refractivity contribution in [3.63, 3.8) is 0 Å². The minimum atomic E-state index is 0.365. The van der Waals surface area contributed by atoms with Crippen molar-refractivity contribution in [2.24, 2.45) is 23.0 Å². The number of likely N-dealkylation sites (tertiary alicyclic amines) is 1. The molecule has 2 unspecified atom stereocenters. The van der Waals surface area contributed by atoms with Crippen LogP contribution in [0.15, 0.2) is 0 Å². The summed E-state index contributed by atoms with van der Waals surface area (Å²) < 4.78 is 0. The van der Waals surface area contributed by atoms with E-state index in [0.29, 0.717) is 11.5 Å². The molecule has 3 nitrogen and oxygen atoms in total. The summed E-state index contributed by atoms with van der Waals surface area (Å²) in [4.78, 5) is 2.54. The maximum Gasteiger partial charge on any atom is 0.0198 e. The molecule has 0 saturated carbocycles. The number of hydrogen-bond donors (Lipinski definition) is 2. The van der Waals surface area contributed by atoms with Crippen molar-refractivity contribution in [3.8, 4) is 0 Å². The number of nitrogens with one attached hydrogen (secondary N) is 1. The second kappa shape index (κ2) is 6.88. The van der Waals surface area contributed by atoms with Crippen LogP contribution in [0.25, 0.3) is 0 Å². The van der Waals surface area contributed by atoms with Gasteiger partial charge in [-0.15, -0.1) is 0 Å². The molecule has 1 aliphatic heterocycles. The van der Waals surface area contributed by atoms with E-state index in [4.69, 9.17) is 5.73 Å². The fourth-order valence-electron chi connectivity index (χ4n) is 2.68. The Kier molecular flexibility index (Phi) is 6.09. The number of nitrogens with zero attached hydrogens (tertiary/aromatic N) is 1. The molecule has 3 heteroatoms. The highest BCUT2D eigenvalue weighted by Gasteiger charge is 2.28. The summed E-state index contributed by atoms with van der Waals surface area (Å²) in [6.45, 7) is 16.9. The quantitative estimate of drug-likeness (QED) is 0.789. The van der Waals surface area contributed by atoms with Crippen molar-refractivity contribution in [1.29, 1.82) is 0 Å². The molecule has 1 fully saturated rings. The maximum atomic E-state index is 5.71. The SMILES string of the molecule is CC(C)C1CC(NCC(C)(C)C)CN(CCN)C1. The van der Waals surface area contributed by atoms with Gasteiger partial charge in [-0.2, -0.15) is 0 Å². The van der Waals surface area contributed by atoms with Crippen LogP contribution < -0.4 is 11.1 Å². The second-order valence-corrected chi connectivity index (χ2v) is 7.43. The molecule has 1 rings (SSSR count). The first-order valence-electron chi connectivity index (χ1n) is 7.47. The number of nitrogens with two attached hydrogens (primary N) is 1. The van der Waals surface area contributed by atoms with Gasteiger partial charge in [0.15, 0.2) is 0 Å². The van der Waals surface area contributed by atoms with Crippen molar-refractivity contribution >= 4 is 0 Å². The van der Waals surface area contributed by atoms with Gasteiger partial charge in [0.05, 0.1) is 0 Å². The van der Waals surface area contributed by atoms with Crippen LogP contribution in [0.1, 0.15) is 41.0 Å². The zero-order valence-electron chi connectivity index (χ0n) is 13.0. The van der Waals surface area contributed by atoms with Crippen LogP contribution in [-0.2, 0) is 0 Å². The van der Waals surface area contributed by atoms with Crippen LogP contribution in [0.5, 0.6) is 0 Å². The Labute approximate surface area is 113 Å². The smallest absolute Gasteiger partial charge is 0.0198 e. The zero-order chi connectivity index (χ0) is 13.8. The molecule has 2 atom stereocenters. The van der Waals surface area contributed by atoms with Crippen LogP contribution in [0.4, 0.5) is 0 Å². The van der Waals surface area contributed by atoms with Crippen molar-refractivity contribution in [3.05, 3.63) is 0 Å². The number of piperidine rings is 1. The van der Waals surface area contributed by atoms with E-state index < -0.39 is 0 Å². The number of rotatable bonds is 5. The van der Waals surface area contributed by atoms with E-state index in [-0.39, 0.29) is 0 Å². The molecule has 0 aliphatic carbocycles.